The minimum absolute atomic E-state index is 0.000507. The molecule has 0 saturated carbocycles. The Kier molecular flexibility index (Phi) is 3.41. The van der Waals surface area contributed by atoms with Crippen molar-refractivity contribution >= 4 is 12.2 Å². The van der Waals surface area contributed by atoms with Crippen LogP contribution in [0.3, 0.4) is 0 Å². The maximum Gasteiger partial charge on any atom is 0.252 e. The smallest absolute Gasteiger partial charge is 0.252 e. The molecule has 3 atom stereocenters. The summed E-state index contributed by atoms with van der Waals surface area (Å²) in [6.45, 7) is 4.14. The first-order chi connectivity index (χ1) is 10.1. The van der Waals surface area contributed by atoms with Crippen LogP contribution >= 0.6 is 0 Å². The van der Waals surface area contributed by atoms with Crippen molar-refractivity contribution in [3.8, 4) is 0 Å². The van der Waals surface area contributed by atoms with Gasteiger partial charge < -0.3 is 9.53 Å². The third kappa shape index (κ3) is 2.20. The molecule has 1 fully saturated rings. The number of aldehydes is 1. The molecule has 2 heterocycles. The van der Waals surface area contributed by atoms with Crippen molar-refractivity contribution in [3.63, 3.8) is 0 Å². The highest BCUT2D eigenvalue weighted by Crippen LogP contribution is 2.46. The second-order valence-corrected chi connectivity index (χ2v) is 6.00. The summed E-state index contributed by atoms with van der Waals surface area (Å²) in [5, 5.41) is 0. The van der Waals surface area contributed by atoms with Gasteiger partial charge in [-0.15, -0.1) is 0 Å². The van der Waals surface area contributed by atoms with Gasteiger partial charge in [-0.1, -0.05) is 37.3 Å². The van der Waals surface area contributed by atoms with Crippen molar-refractivity contribution in [2.24, 2.45) is 5.92 Å². The van der Waals surface area contributed by atoms with Crippen LogP contribution < -0.4 is 0 Å². The number of carbonyl (C=O) groups is 2. The molecule has 0 aliphatic carbocycles. The first-order valence-corrected chi connectivity index (χ1v) is 7.22. The zero-order chi connectivity index (χ0) is 15.0. The molecule has 0 bridgehead atoms. The normalized spacial score (nSPS) is 29.2. The molecular weight excluding hydrogens is 266 g/mol. The van der Waals surface area contributed by atoms with Gasteiger partial charge in [-0.3, -0.25) is 9.69 Å². The van der Waals surface area contributed by atoms with Crippen molar-refractivity contribution in [1.82, 2.24) is 4.90 Å². The number of hydrogen-bond donors (Lipinski definition) is 0. The van der Waals surface area contributed by atoms with Crippen LogP contribution in [0.15, 0.2) is 42.0 Å². The summed E-state index contributed by atoms with van der Waals surface area (Å²) in [5.41, 5.74) is 1.22. The predicted octanol–water partition coefficient (Wildman–Crippen LogP) is 2.47. The topological polar surface area (TPSA) is 46.6 Å². The van der Waals surface area contributed by atoms with E-state index in [-0.39, 0.29) is 18.1 Å². The van der Waals surface area contributed by atoms with Gasteiger partial charge in [0, 0.05) is 17.1 Å². The minimum atomic E-state index is -0.484. The number of amides is 1. The number of nitrogens with zero attached hydrogens (tertiary/aromatic N) is 1. The van der Waals surface area contributed by atoms with Gasteiger partial charge in [-0.05, 0) is 19.4 Å². The van der Waals surface area contributed by atoms with Gasteiger partial charge in [0.1, 0.15) is 6.29 Å². The van der Waals surface area contributed by atoms with Crippen LogP contribution in [0.25, 0.3) is 0 Å². The SMILES string of the molecule is CC1=C[C@@]2(CC(C)C=O)CO[C@H](c3ccccc3)N2C1=O. The zero-order valence-corrected chi connectivity index (χ0v) is 12.3. The molecule has 1 amide bonds. The number of benzene rings is 1. The lowest BCUT2D eigenvalue weighted by atomic mass is 9.89. The molecule has 2 aliphatic heterocycles. The Balaban J connectivity index is 1.97. The van der Waals surface area contributed by atoms with Crippen LogP contribution in [0.4, 0.5) is 0 Å². The van der Waals surface area contributed by atoms with Crippen LogP contribution in [0, 0.1) is 5.92 Å². The lowest BCUT2D eigenvalue weighted by Crippen LogP contribution is -2.45. The van der Waals surface area contributed by atoms with Crippen LogP contribution in [0.5, 0.6) is 0 Å². The van der Waals surface area contributed by atoms with Gasteiger partial charge >= 0.3 is 0 Å². The molecular formula is C17H19NO3. The number of carbonyl (C=O) groups excluding carboxylic acids is 2. The van der Waals surface area contributed by atoms with E-state index >= 15 is 0 Å². The van der Waals surface area contributed by atoms with E-state index in [1.165, 1.54) is 0 Å². The number of rotatable bonds is 4. The second kappa shape index (κ2) is 5.11. The Labute approximate surface area is 124 Å². The summed E-state index contributed by atoms with van der Waals surface area (Å²) in [6, 6.07) is 9.74. The second-order valence-electron chi connectivity index (χ2n) is 6.00. The monoisotopic (exact) mass is 285 g/mol. The summed E-state index contributed by atoms with van der Waals surface area (Å²) < 4.78 is 5.92. The summed E-state index contributed by atoms with van der Waals surface area (Å²) in [7, 11) is 0. The highest BCUT2D eigenvalue weighted by Gasteiger charge is 2.53. The third-order valence-corrected chi connectivity index (χ3v) is 4.24. The average Bonchev–Trinajstić information content (AvgIpc) is 2.96. The van der Waals surface area contributed by atoms with Gasteiger partial charge in [0.05, 0.1) is 12.1 Å². The molecule has 1 aromatic rings. The maximum absolute atomic E-state index is 12.5. The first kappa shape index (κ1) is 14.0. The summed E-state index contributed by atoms with van der Waals surface area (Å²) in [4.78, 5) is 25.4. The molecule has 0 aromatic heterocycles. The van der Waals surface area contributed by atoms with Crippen molar-refractivity contribution in [2.75, 3.05) is 6.61 Å². The fraction of sp³-hybridized carbons (Fsp3) is 0.412. The summed E-state index contributed by atoms with van der Waals surface area (Å²) >= 11 is 0. The maximum atomic E-state index is 12.5. The van der Waals surface area contributed by atoms with Crippen molar-refractivity contribution in [3.05, 3.63) is 47.5 Å². The summed E-state index contributed by atoms with van der Waals surface area (Å²) in [5.74, 6) is -0.111. The van der Waals surface area contributed by atoms with E-state index in [0.717, 1.165) is 17.4 Å². The molecule has 0 N–H and O–H groups in total. The van der Waals surface area contributed by atoms with Crippen molar-refractivity contribution in [2.45, 2.75) is 32.0 Å². The first-order valence-electron chi connectivity index (χ1n) is 7.22. The fourth-order valence-corrected chi connectivity index (χ4v) is 3.36. The molecule has 4 heteroatoms. The Morgan fingerprint density at radius 3 is 2.81 bits per heavy atom. The van der Waals surface area contributed by atoms with E-state index in [0.29, 0.717) is 13.0 Å². The van der Waals surface area contributed by atoms with E-state index in [1.54, 1.807) is 4.90 Å². The fourth-order valence-electron chi connectivity index (χ4n) is 3.36. The Morgan fingerprint density at radius 2 is 2.14 bits per heavy atom. The van der Waals surface area contributed by atoms with Gasteiger partial charge in [0.15, 0.2) is 6.23 Å². The van der Waals surface area contributed by atoms with Gasteiger partial charge in [0.25, 0.3) is 5.91 Å². The highest BCUT2D eigenvalue weighted by molar-refractivity contribution is 5.97. The Morgan fingerprint density at radius 1 is 1.43 bits per heavy atom. The molecule has 110 valence electrons. The van der Waals surface area contributed by atoms with Gasteiger partial charge in [-0.2, -0.15) is 0 Å². The van der Waals surface area contributed by atoms with E-state index in [9.17, 15) is 9.59 Å². The van der Waals surface area contributed by atoms with Crippen molar-refractivity contribution in [1.29, 1.82) is 0 Å². The van der Waals surface area contributed by atoms with E-state index in [2.05, 4.69) is 0 Å². The molecule has 1 saturated heterocycles. The van der Waals surface area contributed by atoms with E-state index in [1.807, 2.05) is 50.3 Å². The molecule has 21 heavy (non-hydrogen) atoms. The molecule has 0 spiro atoms. The number of fused-ring (bicyclic) bond motifs is 1. The molecule has 2 aliphatic rings. The molecule has 4 nitrogen and oxygen atoms in total. The highest BCUT2D eigenvalue weighted by atomic mass is 16.5. The minimum Gasteiger partial charge on any atom is -0.351 e. The zero-order valence-electron chi connectivity index (χ0n) is 12.3. The number of ether oxygens (including phenoxy) is 1. The van der Waals surface area contributed by atoms with Gasteiger partial charge in [-0.25, -0.2) is 0 Å². The molecule has 0 radical (unpaired) electrons. The van der Waals surface area contributed by atoms with Crippen LogP contribution in [-0.2, 0) is 14.3 Å². The number of hydrogen-bond acceptors (Lipinski definition) is 3. The van der Waals surface area contributed by atoms with Crippen molar-refractivity contribution < 1.29 is 14.3 Å². The predicted molar refractivity (Wildman–Crippen MR) is 78.3 cm³/mol. The Bertz CT molecular complexity index is 595. The molecule has 1 aromatic carbocycles. The lowest BCUT2D eigenvalue weighted by molar-refractivity contribution is -0.134. The van der Waals surface area contributed by atoms with Crippen LogP contribution in [0.2, 0.25) is 0 Å². The largest absolute Gasteiger partial charge is 0.351 e. The molecule has 1 unspecified atom stereocenters. The third-order valence-electron chi connectivity index (χ3n) is 4.24. The van der Waals surface area contributed by atoms with Crippen LogP contribution in [-0.4, -0.2) is 29.2 Å². The Hall–Kier alpha value is -1.94. The average molecular weight is 285 g/mol. The van der Waals surface area contributed by atoms with E-state index in [4.69, 9.17) is 4.74 Å². The van der Waals surface area contributed by atoms with E-state index < -0.39 is 5.54 Å². The summed E-state index contributed by atoms with van der Waals surface area (Å²) in [6.07, 6.45) is 3.14. The van der Waals surface area contributed by atoms with Gasteiger partial charge in [0.2, 0.25) is 0 Å². The lowest BCUT2D eigenvalue weighted by Gasteiger charge is -2.33. The molecule has 3 rings (SSSR count). The standard InChI is InChI=1S/C17H19NO3/c1-12(10-19)8-17-9-13(2)15(20)18(17)16(21-11-17)14-6-4-3-5-7-14/h3-7,9-10,12,16H,8,11H2,1-2H3/t12?,16-,17+/m1/s1. The quantitative estimate of drug-likeness (QED) is 0.798. The van der Waals surface area contributed by atoms with Crippen LogP contribution in [0.1, 0.15) is 32.1 Å².